The summed E-state index contributed by atoms with van der Waals surface area (Å²) in [4.78, 5) is 11.9. The summed E-state index contributed by atoms with van der Waals surface area (Å²) >= 11 is 0. The number of aryl methyl sites for hydroxylation is 2. The van der Waals surface area contributed by atoms with Crippen LogP contribution in [-0.4, -0.2) is 11.9 Å². The highest BCUT2D eigenvalue weighted by molar-refractivity contribution is 5.76. The van der Waals surface area contributed by atoms with Crippen molar-refractivity contribution in [2.45, 2.75) is 57.9 Å². The minimum Gasteiger partial charge on any atom is -0.353 e. The van der Waals surface area contributed by atoms with Crippen molar-refractivity contribution in [2.75, 3.05) is 0 Å². The molecule has 98 valence electrons. The van der Waals surface area contributed by atoms with Gasteiger partial charge in [-0.3, -0.25) is 4.79 Å². The van der Waals surface area contributed by atoms with Crippen LogP contribution >= 0.6 is 0 Å². The summed E-state index contributed by atoms with van der Waals surface area (Å²) < 4.78 is 0. The van der Waals surface area contributed by atoms with Crippen LogP contribution in [0, 0.1) is 6.92 Å². The predicted molar refractivity (Wildman–Crippen MR) is 74.5 cm³/mol. The van der Waals surface area contributed by atoms with E-state index in [4.69, 9.17) is 0 Å². The van der Waals surface area contributed by atoms with Crippen LogP contribution in [0.4, 0.5) is 0 Å². The Morgan fingerprint density at radius 2 is 1.94 bits per heavy atom. The summed E-state index contributed by atoms with van der Waals surface area (Å²) in [6, 6.07) is 8.74. The number of hydrogen-bond acceptors (Lipinski definition) is 1. The SMILES string of the molecule is Cc1ccccc1CCC(=O)NC1CCCCC1. The maximum Gasteiger partial charge on any atom is 0.220 e. The molecule has 1 fully saturated rings. The van der Waals surface area contributed by atoms with Crippen molar-refractivity contribution in [1.82, 2.24) is 5.32 Å². The second kappa shape index (κ2) is 6.58. The highest BCUT2D eigenvalue weighted by Gasteiger charge is 2.15. The van der Waals surface area contributed by atoms with Gasteiger partial charge in [0, 0.05) is 12.5 Å². The van der Waals surface area contributed by atoms with E-state index in [9.17, 15) is 4.79 Å². The van der Waals surface area contributed by atoms with Crippen molar-refractivity contribution < 1.29 is 4.79 Å². The Morgan fingerprint density at radius 3 is 2.67 bits per heavy atom. The van der Waals surface area contributed by atoms with E-state index in [0.29, 0.717) is 12.5 Å². The summed E-state index contributed by atoms with van der Waals surface area (Å²) in [5.41, 5.74) is 2.57. The topological polar surface area (TPSA) is 29.1 Å². The summed E-state index contributed by atoms with van der Waals surface area (Å²) in [5, 5.41) is 3.17. The number of benzene rings is 1. The number of rotatable bonds is 4. The van der Waals surface area contributed by atoms with Gasteiger partial charge in [0.15, 0.2) is 0 Å². The van der Waals surface area contributed by atoms with E-state index < -0.39 is 0 Å². The molecule has 18 heavy (non-hydrogen) atoms. The normalized spacial score (nSPS) is 16.5. The van der Waals surface area contributed by atoms with Crippen LogP contribution in [0.25, 0.3) is 0 Å². The molecule has 1 aromatic carbocycles. The summed E-state index contributed by atoms with van der Waals surface area (Å²) in [5.74, 6) is 0.213. The molecule has 0 radical (unpaired) electrons. The summed E-state index contributed by atoms with van der Waals surface area (Å²) in [6.07, 6.45) is 7.65. The lowest BCUT2D eigenvalue weighted by Gasteiger charge is -2.22. The first-order valence-corrected chi connectivity index (χ1v) is 7.09. The van der Waals surface area contributed by atoms with Crippen LogP contribution in [0.2, 0.25) is 0 Å². The van der Waals surface area contributed by atoms with Crippen LogP contribution in [0.15, 0.2) is 24.3 Å². The van der Waals surface area contributed by atoms with Gasteiger partial charge in [0.2, 0.25) is 5.91 Å². The Labute approximate surface area is 110 Å². The van der Waals surface area contributed by atoms with Gasteiger partial charge in [-0.25, -0.2) is 0 Å². The lowest BCUT2D eigenvalue weighted by atomic mass is 9.95. The summed E-state index contributed by atoms with van der Waals surface area (Å²) in [7, 11) is 0. The molecule has 1 amide bonds. The average Bonchev–Trinajstić information content (AvgIpc) is 2.39. The van der Waals surface area contributed by atoms with Gasteiger partial charge < -0.3 is 5.32 Å². The number of nitrogens with one attached hydrogen (secondary N) is 1. The van der Waals surface area contributed by atoms with Crippen LogP contribution in [-0.2, 0) is 11.2 Å². The van der Waals surface area contributed by atoms with Crippen LogP contribution < -0.4 is 5.32 Å². The molecular formula is C16H23NO. The van der Waals surface area contributed by atoms with Gasteiger partial charge in [-0.15, -0.1) is 0 Å². The van der Waals surface area contributed by atoms with Crippen LogP contribution in [0.1, 0.15) is 49.7 Å². The minimum atomic E-state index is 0.213. The molecule has 1 saturated carbocycles. The van der Waals surface area contributed by atoms with E-state index in [1.54, 1.807) is 0 Å². The van der Waals surface area contributed by atoms with E-state index in [1.807, 2.05) is 12.1 Å². The third kappa shape index (κ3) is 3.86. The van der Waals surface area contributed by atoms with E-state index >= 15 is 0 Å². The zero-order chi connectivity index (χ0) is 12.8. The van der Waals surface area contributed by atoms with Gasteiger partial charge in [-0.2, -0.15) is 0 Å². The van der Waals surface area contributed by atoms with Crippen molar-refractivity contribution in [1.29, 1.82) is 0 Å². The first-order valence-electron chi connectivity index (χ1n) is 7.09. The largest absolute Gasteiger partial charge is 0.353 e. The fourth-order valence-electron chi connectivity index (χ4n) is 2.69. The molecular weight excluding hydrogens is 222 g/mol. The molecule has 0 heterocycles. The molecule has 1 aliphatic carbocycles. The smallest absolute Gasteiger partial charge is 0.220 e. The Balaban J connectivity index is 1.76. The quantitative estimate of drug-likeness (QED) is 0.865. The Hall–Kier alpha value is -1.31. The van der Waals surface area contributed by atoms with E-state index in [2.05, 4.69) is 24.4 Å². The van der Waals surface area contributed by atoms with E-state index in [1.165, 1.54) is 30.4 Å². The number of carbonyl (C=O) groups is 1. The monoisotopic (exact) mass is 245 g/mol. The zero-order valence-electron chi connectivity index (χ0n) is 11.2. The summed E-state index contributed by atoms with van der Waals surface area (Å²) in [6.45, 7) is 2.11. The van der Waals surface area contributed by atoms with Gasteiger partial charge in [-0.1, -0.05) is 43.5 Å². The zero-order valence-corrected chi connectivity index (χ0v) is 11.2. The molecule has 1 aromatic rings. The molecule has 0 aliphatic heterocycles. The second-order valence-corrected chi connectivity index (χ2v) is 5.33. The first-order chi connectivity index (χ1) is 8.75. The Kier molecular flexibility index (Phi) is 4.80. The number of amides is 1. The van der Waals surface area contributed by atoms with E-state index in [-0.39, 0.29) is 5.91 Å². The second-order valence-electron chi connectivity index (χ2n) is 5.33. The van der Waals surface area contributed by atoms with Crippen molar-refractivity contribution >= 4 is 5.91 Å². The molecule has 2 nitrogen and oxygen atoms in total. The van der Waals surface area contributed by atoms with Gasteiger partial charge >= 0.3 is 0 Å². The molecule has 0 bridgehead atoms. The molecule has 0 spiro atoms. The third-order valence-corrected chi connectivity index (χ3v) is 3.85. The molecule has 2 rings (SSSR count). The highest BCUT2D eigenvalue weighted by atomic mass is 16.1. The molecule has 2 heteroatoms. The minimum absolute atomic E-state index is 0.213. The number of hydrogen-bond donors (Lipinski definition) is 1. The molecule has 0 atom stereocenters. The van der Waals surface area contributed by atoms with Gasteiger partial charge in [0.25, 0.3) is 0 Å². The van der Waals surface area contributed by atoms with E-state index in [0.717, 1.165) is 19.3 Å². The van der Waals surface area contributed by atoms with Crippen molar-refractivity contribution in [2.24, 2.45) is 0 Å². The van der Waals surface area contributed by atoms with Crippen molar-refractivity contribution in [3.8, 4) is 0 Å². The predicted octanol–water partition coefficient (Wildman–Crippen LogP) is 3.38. The molecule has 0 unspecified atom stereocenters. The van der Waals surface area contributed by atoms with Crippen molar-refractivity contribution in [3.63, 3.8) is 0 Å². The lowest BCUT2D eigenvalue weighted by Crippen LogP contribution is -2.36. The molecule has 0 saturated heterocycles. The van der Waals surface area contributed by atoms with Crippen LogP contribution in [0.5, 0.6) is 0 Å². The third-order valence-electron chi connectivity index (χ3n) is 3.85. The Morgan fingerprint density at radius 1 is 1.22 bits per heavy atom. The van der Waals surface area contributed by atoms with Gasteiger partial charge in [0.05, 0.1) is 0 Å². The Bertz CT molecular complexity index is 394. The van der Waals surface area contributed by atoms with Crippen LogP contribution in [0.3, 0.4) is 0 Å². The standard InChI is InChI=1S/C16H23NO/c1-13-7-5-6-8-14(13)11-12-16(18)17-15-9-3-2-4-10-15/h5-8,15H,2-4,9-12H2,1H3,(H,17,18). The highest BCUT2D eigenvalue weighted by Crippen LogP contribution is 2.17. The molecule has 1 aliphatic rings. The van der Waals surface area contributed by atoms with Gasteiger partial charge in [0.1, 0.15) is 0 Å². The number of carbonyl (C=O) groups excluding carboxylic acids is 1. The van der Waals surface area contributed by atoms with Gasteiger partial charge in [-0.05, 0) is 37.3 Å². The fraction of sp³-hybridized carbons (Fsp3) is 0.562. The first kappa shape index (κ1) is 13.1. The maximum atomic E-state index is 11.9. The lowest BCUT2D eigenvalue weighted by molar-refractivity contribution is -0.121. The fourth-order valence-corrected chi connectivity index (χ4v) is 2.69. The average molecular weight is 245 g/mol. The molecule has 1 N–H and O–H groups in total. The molecule has 0 aromatic heterocycles. The maximum absolute atomic E-state index is 11.9. The van der Waals surface area contributed by atoms with Crippen molar-refractivity contribution in [3.05, 3.63) is 35.4 Å².